The van der Waals surface area contributed by atoms with Crippen LogP contribution in [-0.4, -0.2) is 20.9 Å². The summed E-state index contributed by atoms with van der Waals surface area (Å²) in [6, 6.07) is 16.7. The smallest absolute Gasteiger partial charge is 0.264 e. The van der Waals surface area contributed by atoms with E-state index in [1.54, 1.807) is 12.1 Å². The predicted molar refractivity (Wildman–Crippen MR) is 139 cm³/mol. The van der Waals surface area contributed by atoms with E-state index in [1.165, 1.54) is 30.3 Å². The lowest BCUT2D eigenvalue weighted by Crippen LogP contribution is -2.42. The van der Waals surface area contributed by atoms with Crippen molar-refractivity contribution in [2.24, 2.45) is 0 Å². The molecule has 3 aromatic rings. The molecular formula is C26H28Cl2N2O3S. The molecule has 0 aliphatic heterocycles. The van der Waals surface area contributed by atoms with Gasteiger partial charge in [0.25, 0.3) is 10.0 Å². The van der Waals surface area contributed by atoms with Crippen molar-refractivity contribution in [1.29, 1.82) is 0 Å². The summed E-state index contributed by atoms with van der Waals surface area (Å²) in [7, 11) is -4.06. The molecule has 1 N–H and O–H groups in total. The van der Waals surface area contributed by atoms with Gasteiger partial charge >= 0.3 is 0 Å². The molecule has 0 aliphatic carbocycles. The van der Waals surface area contributed by atoms with Gasteiger partial charge in [0.05, 0.1) is 16.6 Å². The maximum absolute atomic E-state index is 13.6. The minimum Gasteiger partial charge on any atom is -0.348 e. The van der Waals surface area contributed by atoms with Crippen LogP contribution in [0.4, 0.5) is 5.69 Å². The number of benzene rings is 3. The first-order chi connectivity index (χ1) is 16.0. The number of anilines is 1. The van der Waals surface area contributed by atoms with Crippen LogP contribution in [0.25, 0.3) is 0 Å². The average Bonchev–Trinajstić information content (AvgIpc) is 2.77. The second-order valence-corrected chi connectivity index (χ2v) is 11.1. The van der Waals surface area contributed by atoms with E-state index in [4.69, 9.17) is 23.2 Å². The first-order valence-electron chi connectivity index (χ1n) is 10.9. The number of aryl methyl sites for hydroxylation is 3. The molecule has 0 spiro atoms. The van der Waals surface area contributed by atoms with Crippen molar-refractivity contribution in [1.82, 2.24) is 5.32 Å². The first kappa shape index (κ1) is 26.1. The van der Waals surface area contributed by atoms with E-state index in [0.717, 1.165) is 26.6 Å². The van der Waals surface area contributed by atoms with Crippen LogP contribution in [0.2, 0.25) is 10.0 Å². The van der Waals surface area contributed by atoms with Crippen LogP contribution in [0.15, 0.2) is 65.6 Å². The number of carbonyl (C=O) groups is 1. The third-order valence-electron chi connectivity index (χ3n) is 5.71. The number of hydrogen-bond acceptors (Lipinski definition) is 3. The van der Waals surface area contributed by atoms with Crippen molar-refractivity contribution in [2.75, 3.05) is 10.8 Å². The van der Waals surface area contributed by atoms with Gasteiger partial charge in [0.2, 0.25) is 5.91 Å². The highest BCUT2D eigenvalue weighted by Gasteiger charge is 2.28. The topological polar surface area (TPSA) is 66.5 Å². The summed E-state index contributed by atoms with van der Waals surface area (Å²) in [5.41, 5.74) is 4.40. The summed E-state index contributed by atoms with van der Waals surface area (Å²) >= 11 is 12.3. The van der Waals surface area contributed by atoms with Gasteiger partial charge in [0, 0.05) is 10.0 Å². The predicted octanol–water partition coefficient (Wildman–Crippen LogP) is 6.38. The van der Waals surface area contributed by atoms with E-state index in [9.17, 15) is 13.2 Å². The monoisotopic (exact) mass is 518 g/mol. The number of nitrogens with one attached hydrogen (secondary N) is 1. The molecule has 3 aromatic carbocycles. The Bertz CT molecular complexity index is 1270. The Balaban J connectivity index is 1.95. The quantitative estimate of drug-likeness (QED) is 0.376. The molecule has 0 bridgehead atoms. The van der Waals surface area contributed by atoms with Crippen molar-refractivity contribution in [3.05, 3.63) is 93.0 Å². The number of halogens is 2. The summed E-state index contributed by atoms with van der Waals surface area (Å²) in [4.78, 5) is 13.2. The van der Waals surface area contributed by atoms with Crippen molar-refractivity contribution >= 4 is 44.8 Å². The molecule has 0 heterocycles. The summed E-state index contributed by atoms with van der Waals surface area (Å²) in [6.45, 7) is 7.47. The average molecular weight is 519 g/mol. The summed E-state index contributed by atoms with van der Waals surface area (Å²) in [6.07, 6.45) is 0.655. The molecule has 8 heteroatoms. The maximum Gasteiger partial charge on any atom is 0.264 e. The van der Waals surface area contributed by atoms with Crippen molar-refractivity contribution < 1.29 is 13.2 Å². The molecule has 0 aliphatic rings. The number of nitrogens with zero attached hydrogens (tertiary/aromatic N) is 1. The second kappa shape index (κ2) is 10.8. The lowest BCUT2D eigenvalue weighted by molar-refractivity contribution is -0.120. The first-order valence-corrected chi connectivity index (χ1v) is 13.1. The van der Waals surface area contributed by atoms with E-state index < -0.39 is 22.5 Å². The van der Waals surface area contributed by atoms with Gasteiger partial charge in [-0.25, -0.2) is 8.42 Å². The van der Waals surface area contributed by atoms with Crippen LogP contribution in [0.1, 0.15) is 41.6 Å². The Morgan fingerprint density at radius 3 is 2.09 bits per heavy atom. The highest BCUT2D eigenvalue weighted by Crippen LogP contribution is 2.30. The summed E-state index contributed by atoms with van der Waals surface area (Å²) < 4.78 is 28.2. The molecular weight excluding hydrogens is 491 g/mol. The van der Waals surface area contributed by atoms with Gasteiger partial charge in [0.15, 0.2) is 0 Å². The van der Waals surface area contributed by atoms with Crippen LogP contribution in [0.3, 0.4) is 0 Å². The lowest BCUT2D eigenvalue weighted by Gasteiger charge is -2.26. The molecule has 1 atom stereocenters. The molecule has 1 unspecified atom stereocenters. The molecule has 0 fully saturated rings. The van der Waals surface area contributed by atoms with Crippen LogP contribution in [0.5, 0.6) is 0 Å². The van der Waals surface area contributed by atoms with E-state index in [-0.39, 0.29) is 26.7 Å². The largest absolute Gasteiger partial charge is 0.348 e. The number of carbonyl (C=O) groups excluding carboxylic acids is 1. The molecule has 0 saturated carbocycles. The molecule has 180 valence electrons. The number of hydrogen-bond donors (Lipinski definition) is 1. The highest BCUT2D eigenvalue weighted by atomic mass is 35.5. The van der Waals surface area contributed by atoms with Crippen LogP contribution in [0, 0.1) is 20.8 Å². The summed E-state index contributed by atoms with van der Waals surface area (Å²) in [5.74, 6) is -0.433. The van der Waals surface area contributed by atoms with E-state index in [0.29, 0.717) is 6.42 Å². The Labute approximate surface area is 211 Å². The molecule has 5 nitrogen and oxygen atoms in total. The third-order valence-corrected chi connectivity index (χ3v) is 7.93. The van der Waals surface area contributed by atoms with E-state index in [1.807, 2.05) is 45.9 Å². The van der Waals surface area contributed by atoms with Gasteiger partial charge in [-0.3, -0.25) is 9.10 Å². The zero-order valence-corrected chi connectivity index (χ0v) is 21.9. The Kier molecular flexibility index (Phi) is 8.29. The van der Waals surface area contributed by atoms with Crippen molar-refractivity contribution in [2.45, 2.75) is 45.1 Å². The second-order valence-electron chi connectivity index (χ2n) is 8.32. The van der Waals surface area contributed by atoms with Gasteiger partial charge in [-0.15, -0.1) is 0 Å². The van der Waals surface area contributed by atoms with Crippen molar-refractivity contribution in [3.63, 3.8) is 0 Å². The fourth-order valence-corrected chi connectivity index (χ4v) is 5.53. The standard InChI is InChI=1S/C26H28Cl2N2O3S/c1-5-25(20-9-8-18(3)19(4)12-20)29-26(31)16-30(23-14-21(27)13-22(28)15-23)34(32,33)24-10-6-17(2)7-11-24/h6-15,25H,5,16H2,1-4H3,(H,29,31). The Morgan fingerprint density at radius 1 is 0.912 bits per heavy atom. The Morgan fingerprint density at radius 2 is 1.53 bits per heavy atom. The minimum atomic E-state index is -4.06. The maximum atomic E-state index is 13.6. The zero-order valence-electron chi connectivity index (χ0n) is 19.6. The normalized spacial score (nSPS) is 12.3. The fraction of sp³-hybridized carbons (Fsp3) is 0.269. The molecule has 0 aromatic heterocycles. The molecule has 1 amide bonds. The van der Waals surface area contributed by atoms with Gasteiger partial charge in [-0.1, -0.05) is 66.0 Å². The number of rotatable bonds is 8. The molecule has 0 saturated heterocycles. The van der Waals surface area contributed by atoms with E-state index >= 15 is 0 Å². The van der Waals surface area contributed by atoms with E-state index in [2.05, 4.69) is 5.32 Å². The molecule has 3 rings (SSSR count). The molecule has 0 radical (unpaired) electrons. The van der Waals surface area contributed by atoms with Crippen LogP contribution in [-0.2, 0) is 14.8 Å². The Hall–Kier alpha value is -2.54. The SMILES string of the molecule is CCC(NC(=O)CN(c1cc(Cl)cc(Cl)c1)S(=O)(=O)c1ccc(C)cc1)c1ccc(C)c(C)c1. The van der Waals surface area contributed by atoms with Gasteiger partial charge < -0.3 is 5.32 Å². The van der Waals surface area contributed by atoms with Crippen molar-refractivity contribution in [3.8, 4) is 0 Å². The molecule has 34 heavy (non-hydrogen) atoms. The summed E-state index contributed by atoms with van der Waals surface area (Å²) in [5, 5.41) is 3.52. The third kappa shape index (κ3) is 6.12. The number of sulfonamides is 1. The highest BCUT2D eigenvalue weighted by molar-refractivity contribution is 7.92. The van der Waals surface area contributed by atoms with Crippen LogP contribution >= 0.6 is 23.2 Å². The van der Waals surface area contributed by atoms with Gasteiger partial charge in [0.1, 0.15) is 6.54 Å². The van der Waals surface area contributed by atoms with Gasteiger partial charge in [-0.2, -0.15) is 0 Å². The number of amides is 1. The minimum absolute atomic E-state index is 0.0724. The van der Waals surface area contributed by atoms with Gasteiger partial charge in [-0.05, 0) is 74.2 Å². The fourth-order valence-electron chi connectivity index (χ4n) is 3.61. The lowest BCUT2D eigenvalue weighted by atomic mass is 9.99. The van der Waals surface area contributed by atoms with Crippen LogP contribution < -0.4 is 9.62 Å². The zero-order chi connectivity index (χ0) is 25.0.